The van der Waals surface area contributed by atoms with Gasteiger partial charge in [0, 0.05) is 4.47 Å². The molecule has 0 aromatic heterocycles. The lowest BCUT2D eigenvalue weighted by atomic mass is 10.1. The minimum atomic E-state index is -1.98. The van der Waals surface area contributed by atoms with Gasteiger partial charge in [-0.3, -0.25) is 9.59 Å². The first-order chi connectivity index (χ1) is 9.31. The van der Waals surface area contributed by atoms with E-state index < -0.39 is 36.0 Å². The first kappa shape index (κ1) is 15.9. The van der Waals surface area contributed by atoms with Crippen LogP contribution in [0, 0.1) is 5.82 Å². The Labute approximate surface area is 120 Å². The van der Waals surface area contributed by atoms with Crippen LogP contribution in [-0.2, 0) is 14.4 Å². The average Bonchev–Trinajstić information content (AvgIpc) is 2.30. The number of aliphatic carboxylic acids is 2. The summed E-state index contributed by atoms with van der Waals surface area (Å²) in [6.07, 6.45) is -1.00. The molecule has 0 amide bonds. The van der Waals surface area contributed by atoms with Gasteiger partial charge in [0.2, 0.25) is 6.04 Å². The molecule has 2 N–H and O–H groups in total. The van der Waals surface area contributed by atoms with Crippen LogP contribution in [0.5, 0.6) is 0 Å². The van der Waals surface area contributed by atoms with E-state index >= 15 is 0 Å². The van der Waals surface area contributed by atoms with E-state index in [1.54, 1.807) is 0 Å². The molecule has 0 saturated carbocycles. The third kappa shape index (κ3) is 4.50. The molecule has 0 aliphatic rings. The average molecular weight is 347 g/mol. The number of benzene rings is 1. The van der Waals surface area contributed by atoms with E-state index in [4.69, 9.17) is 10.2 Å². The van der Waals surface area contributed by atoms with Gasteiger partial charge in [-0.1, -0.05) is 15.9 Å². The highest BCUT2D eigenvalue weighted by atomic mass is 79.9. The Morgan fingerprint density at radius 1 is 1.30 bits per heavy atom. The van der Waals surface area contributed by atoms with Crippen LogP contribution < -0.4 is 0 Å². The fourth-order valence-corrected chi connectivity index (χ4v) is 1.51. The molecule has 0 aliphatic carbocycles. The third-order valence-corrected chi connectivity index (χ3v) is 2.55. The summed E-state index contributed by atoms with van der Waals surface area (Å²) in [6, 6.07) is 1.79. The highest BCUT2D eigenvalue weighted by Crippen LogP contribution is 2.22. The predicted molar refractivity (Wildman–Crippen MR) is 67.3 cm³/mol. The van der Waals surface area contributed by atoms with Crippen molar-refractivity contribution in [3.63, 3.8) is 0 Å². The van der Waals surface area contributed by atoms with Gasteiger partial charge in [0.25, 0.3) is 0 Å². The highest BCUT2D eigenvalue weighted by Gasteiger charge is 2.27. The van der Waals surface area contributed by atoms with Crippen LogP contribution in [0.4, 0.5) is 10.1 Å². The first-order valence-corrected chi connectivity index (χ1v) is 5.93. The number of ketones is 1. The van der Waals surface area contributed by atoms with Gasteiger partial charge in [0.1, 0.15) is 12.1 Å². The predicted octanol–water partition coefficient (Wildman–Crippen LogP) is 2.17. The Morgan fingerprint density at radius 2 is 1.95 bits per heavy atom. The molecule has 0 saturated heterocycles. The van der Waals surface area contributed by atoms with E-state index in [0.717, 1.165) is 6.07 Å². The number of hydrogen-bond donors (Lipinski definition) is 2. The van der Waals surface area contributed by atoms with Crippen molar-refractivity contribution in [3.05, 3.63) is 28.5 Å². The smallest absolute Gasteiger partial charge is 0.338 e. The van der Waals surface area contributed by atoms with Crippen molar-refractivity contribution in [1.82, 2.24) is 0 Å². The number of rotatable bonds is 6. The number of carboxylic acid groups (broad SMARTS) is 2. The van der Waals surface area contributed by atoms with E-state index in [0.29, 0.717) is 4.47 Å². The maximum atomic E-state index is 13.4. The number of carbonyl (C=O) groups is 3. The molecule has 1 aromatic rings. The molecular weight excluding hydrogens is 339 g/mol. The minimum Gasteiger partial charge on any atom is -0.481 e. The number of hydrogen-bond acceptors (Lipinski definition) is 5. The van der Waals surface area contributed by atoms with Crippen molar-refractivity contribution < 1.29 is 29.0 Å². The van der Waals surface area contributed by atoms with Gasteiger partial charge in [-0.25, -0.2) is 9.18 Å². The number of nitrogens with zero attached hydrogens (tertiary/aromatic N) is 2. The number of Topliss-reactive ketones (excluding diaryl/α,β-unsaturated/α-hetero) is 1. The van der Waals surface area contributed by atoms with Crippen molar-refractivity contribution in [1.29, 1.82) is 0 Å². The Bertz CT molecular complexity index is 590. The fraction of sp³-hybridized carbons (Fsp3) is 0.182. The number of carboxylic acids is 2. The van der Waals surface area contributed by atoms with Crippen LogP contribution in [0.1, 0.15) is 6.42 Å². The number of carbonyl (C=O) groups excluding carboxylic acids is 1. The van der Waals surface area contributed by atoms with Crippen molar-refractivity contribution >= 4 is 39.3 Å². The van der Waals surface area contributed by atoms with E-state index in [1.165, 1.54) is 12.1 Å². The molecule has 20 heavy (non-hydrogen) atoms. The Morgan fingerprint density at radius 3 is 2.45 bits per heavy atom. The summed E-state index contributed by atoms with van der Waals surface area (Å²) in [5, 5.41) is 23.7. The summed E-state index contributed by atoms with van der Waals surface area (Å²) < 4.78 is 13.9. The zero-order valence-electron chi connectivity index (χ0n) is 9.79. The number of azo groups is 1. The van der Waals surface area contributed by atoms with Crippen LogP contribution >= 0.6 is 15.9 Å². The Kier molecular flexibility index (Phi) is 5.44. The molecule has 0 heterocycles. The monoisotopic (exact) mass is 346 g/mol. The topological polar surface area (TPSA) is 116 Å². The zero-order valence-corrected chi connectivity index (χ0v) is 11.4. The second kappa shape index (κ2) is 6.85. The van der Waals surface area contributed by atoms with Crippen LogP contribution in [0.15, 0.2) is 32.9 Å². The summed E-state index contributed by atoms with van der Waals surface area (Å²) in [6.45, 7) is 0. The Balaban J connectivity index is 2.95. The summed E-state index contributed by atoms with van der Waals surface area (Å²) >= 11 is 3.02. The SMILES string of the molecule is O=C(O)CC(=O)C(N=Nc1ccc(Br)cc1F)C(=O)O. The molecule has 0 fully saturated rings. The molecule has 1 rings (SSSR count). The third-order valence-electron chi connectivity index (χ3n) is 2.06. The van der Waals surface area contributed by atoms with E-state index in [-0.39, 0.29) is 5.69 Å². The summed E-state index contributed by atoms with van der Waals surface area (Å²) in [5.74, 6) is -5.05. The number of halogens is 2. The lowest BCUT2D eigenvalue weighted by Crippen LogP contribution is -2.29. The zero-order chi connectivity index (χ0) is 15.3. The van der Waals surface area contributed by atoms with Gasteiger partial charge in [-0.05, 0) is 18.2 Å². The standard InChI is InChI=1S/C11H8BrFN2O5/c12-5-1-2-7(6(13)3-5)14-15-10(11(19)20)8(16)4-9(17)18/h1-3,10H,4H2,(H,17,18)(H,19,20). The van der Waals surface area contributed by atoms with Crippen LogP contribution in [0.3, 0.4) is 0 Å². The maximum Gasteiger partial charge on any atom is 0.338 e. The van der Waals surface area contributed by atoms with E-state index in [9.17, 15) is 18.8 Å². The molecular formula is C11H8BrFN2O5. The lowest BCUT2D eigenvalue weighted by Gasteiger charge is -2.03. The van der Waals surface area contributed by atoms with Crippen LogP contribution in [0.2, 0.25) is 0 Å². The molecule has 1 aromatic carbocycles. The fourth-order valence-electron chi connectivity index (χ4n) is 1.18. The molecule has 1 atom stereocenters. The van der Waals surface area contributed by atoms with Gasteiger partial charge in [-0.2, -0.15) is 10.2 Å². The van der Waals surface area contributed by atoms with Gasteiger partial charge in [0.05, 0.1) is 0 Å². The summed E-state index contributed by atoms with van der Waals surface area (Å²) in [5.41, 5.74) is -0.262. The molecule has 0 radical (unpaired) electrons. The van der Waals surface area contributed by atoms with Crippen molar-refractivity contribution in [2.24, 2.45) is 10.2 Å². The van der Waals surface area contributed by atoms with Crippen molar-refractivity contribution in [3.8, 4) is 0 Å². The van der Waals surface area contributed by atoms with Crippen LogP contribution in [0.25, 0.3) is 0 Å². The van der Waals surface area contributed by atoms with Gasteiger partial charge in [0.15, 0.2) is 11.6 Å². The first-order valence-electron chi connectivity index (χ1n) is 5.14. The normalized spacial score (nSPS) is 12.3. The molecule has 0 bridgehead atoms. The molecule has 1 unspecified atom stereocenters. The molecule has 0 spiro atoms. The second-order valence-electron chi connectivity index (χ2n) is 3.59. The van der Waals surface area contributed by atoms with E-state index in [1.807, 2.05) is 0 Å². The highest BCUT2D eigenvalue weighted by molar-refractivity contribution is 9.10. The lowest BCUT2D eigenvalue weighted by molar-refractivity contribution is -0.144. The molecule has 106 valence electrons. The van der Waals surface area contributed by atoms with Crippen molar-refractivity contribution in [2.45, 2.75) is 12.5 Å². The largest absolute Gasteiger partial charge is 0.481 e. The van der Waals surface area contributed by atoms with E-state index in [2.05, 4.69) is 26.2 Å². The van der Waals surface area contributed by atoms with Crippen molar-refractivity contribution in [2.75, 3.05) is 0 Å². The summed E-state index contributed by atoms with van der Waals surface area (Å²) in [4.78, 5) is 32.5. The quantitative estimate of drug-likeness (QED) is 0.604. The molecule has 0 aliphatic heterocycles. The molecule has 7 nitrogen and oxygen atoms in total. The van der Waals surface area contributed by atoms with Gasteiger partial charge < -0.3 is 10.2 Å². The van der Waals surface area contributed by atoms with Gasteiger partial charge >= 0.3 is 11.9 Å². The summed E-state index contributed by atoms with van der Waals surface area (Å²) in [7, 11) is 0. The minimum absolute atomic E-state index is 0.262. The molecule has 9 heteroatoms. The maximum absolute atomic E-state index is 13.4. The van der Waals surface area contributed by atoms with Gasteiger partial charge in [-0.15, -0.1) is 0 Å². The Hall–Kier alpha value is -2.16. The van der Waals surface area contributed by atoms with Crippen LogP contribution in [-0.4, -0.2) is 34.0 Å². The second-order valence-corrected chi connectivity index (χ2v) is 4.50.